The van der Waals surface area contributed by atoms with E-state index < -0.39 is 10.0 Å². The number of imidazole rings is 1. The van der Waals surface area contributed by atoms with Crippen LogP contribution in [0, 0.1) is 0 Å². The molecule has 1 aromatic heterocycles. The molecule has 0 aliphatic carbocycles. The van der Waals surface area contributed by atoms with Gasteiger partial charge in [-0.2, -0.15) is 0 Å². The molecule has 5 nitrogen and oxygen atoms in total. The van der Waals surface area contributed by atoms with Crippen molar-refractivity contribution in [2.24, 2.45) is 5.14 Å². The van der Waals surface area contributed by atoms with E-state index in [-0.39, 0.29) is 4.90 Å². The third kappa shape index (κ3) is 1.41. The number of aromatic nitrogens is 2. The highest BCUT2D eigenvalue weighted by atomic mass is 32.2. The van der Waals surface area contributed by atoms with Crippen LogP contribution in [-0.2, 0) is 10.0 Å². The highest BCUT2D eigenvalue weighted by Crippen LogP contribution is 2.14. The van der Waals surface area contributed by atoms with E-state index in [1.54, 1.807) is 6.07 Å². The van der Waals surface area contributed by atoms with E-state index in [0.717, 1.165) is 5.52 Å². The number of nitrogens with two attached hydrogens (primary N) is 1. The molecule has 2 rings (SSSR count). The molecule has 0 saturated heterocycles. The lowest BCUT2D eigenvalue weighted by molar-refractivity contribution is 0.598. The molecule has 0 fully saturated rings. The first-order valence-corrected chi connectivity index (χ1v) is 5.08. The number of H-pyrrole nitrogens is 1. The quantitative estimate of drug-likeness (QED) is 0.684. The van der Waals surface area contributed by atoms with Crippen LogP contribution in [0.1, 0.15) is 0 Å². The fourth-order valence-corrected chi connectivity index (χ4v) is 1.62. The maximum atomic E-state index is 10.9. The van der Waals surface area contributed by atoms with Crippen LogP contribution in [0.4, 0.5) is 0 Å². The van der Waals surface area contributed by atoms with Crippen LogP contribution in [0.15, 0.2) is 29.4 Å². The molecule has 6 heteroatoms. The molecule has 0 aliphatic heterocycles. The third-order valence-electron chi connectivity index (χ3n) is 1.72. The molecule has 0 amide bonds. The van der Waals surface area contributed by atoms with Gasteiger partial charge in [0.2, 0.25) is 10.0 Å². The molecule has 13 heavy (non-hydrogen) atoms. The molecule has 0 unspecified atom stereocenters. The van der Waals surface area contributed by atoms with Crippen molar-refractivity contribution < 1.29 is 8.42 Å². The predicted molar refractivity (Wildman–Crippen MR) is 47.5 cm³/mol. The van der Waals surface area contributed by atoms with Crippen molar-refractivity contribution in [2.75, 3.05) is 0 Å². The lowest BCUT2D eigenvalue weighted by atomic mass is 10.3. The van der Waals surface area contributed by atoms with Crippen LogP contribution in [-0.4, -0.2) is 18.4 Å². The first-order chi connectivity index (χ1) is 6.07. The molecule has 0 bridgehead atoms. The van der Waals surface area contributed by atoms with Crippen LogP contribution in [0.25, 0.3) is 11.0 Å². The van der Waals surface area contributed by atoms with E-state index in [0.29, 0.717) is 5.52 Å². The Balaban J connectivity index is 2.75. The SMILES string of the molecule is NS(=O)(=O)c1ccc2[nH]cnc2c1. The Labute approximate surface area is 74.6 Å². The minimum Gasteiger partial charge on any atom is -0.345 e. The van der Waals surface area contributed by atoms with Gasteiger partial charge in [-0.25, -0.2) is 18.5 Å². The number of primary sulfonamides is 1. The average molecular weight is 197 g/mol. The molecule has 0 saturated carbocycles. The van der Waals surface area contributed by atoms with Crippen LogP contribution in [0.5, 0.6) is 0 Å². The Morgan fingerprint density at radius 1 is 1.38 bits per heavy atom. The first kappa shape index (κ1) is 8.21. The second kappa shape index (κ2) is 2.54. The minimum absolute atomic E-state index is 0.0760. The summed E-state index contributed by atoms with van der Waals surface area (Å²) >= 11 is 0. The van der Waals surface area contributed by atoms with E-state index in [4.69, 9.17) is 5.14 Å². The highest BCUT2D eigenvalue weighted by Gasteiger charge is 2.08. The Hall–Kier alpha value is -1.40. The van der Waals surface area contributed by atoms with Crippen LogP contribution in [0.3, 0.4) is 0 Å². The maximum absolute atomic E-state index is 10.9. The van der Waals surface area contributed by atoms with E-state index in [1.807, 2.05) is 0 Å². The van der Waals surface area contributed by atoms with Gasteiger partial charge in [0.25, 0.3) is 0 Å². The molecule has 3 N–H and O–H groups in total. The monoisotopic (exact) mass is 197 g/mol. The predicted octanol–water partition coefficient (Wildman–Crippen LogP) is 0.210. The molecule has 1 heterocycles. The number of rotatable bonds is 1. The number of hydrogen-bond acceptors (Lipinski definition) is 3. The summed E-state index contributed by atoms with van der Waals surface area (Å²) in [5.74, 6) is 0. The van der Waals surface area contributed by atoms with Gasteiger partial charge in [0.05, 0.1) is 22.3 Å². The van der Waals surface area contributed by atoms with Gasteiger partial charge in [-0.3, -0.25) is 0 Å². The standard InChI is InChI=1S/C7H7N3O2S/c8-13(11,12)5-1-2-6-7(3-5)10-4-9-6/h1-4H,(H,9,10)(H2,8,11,12). The van der Waals surface area contributed by atoms with E-state index in [1.165, 1.54) is 18.5 Å². The number of hydrogen-bond donors (Lipinski definition) is 2. The third-order valence-corrected chi connectivity index (χ3v) is 2.63. The molecule has 1 aromatic carbocycles. The van der Waals surface area contributed by atoms with E-state index >= 15 is 0 Å². The zero-order valence-corrected chi connectivity index (χ0v) is 7.38. The van der Waals surface area contributed by atoms with Gasteiger partial charge >= 0.3 is 0 Å². The van der Waals surface area contributed by atoms with Crippen molar-refractivity contribution in [3.8, 4) is 0 Å². The van der Waals surface area contributed by atoms with Crippen LogP contribution < -0.4 is 5.14 Å². The zero-order valence-electron chi connectivity index (χ0n) is 6.56. The maximum Gasteiger partial charge on any atom is 0.238 e. The Morgan fingerprint density at radius 2 is 2.15 bits per heavy atom. The van der Waals surface area contributed by atoms with Gasteiger partial charge in [-0.15, -0.1) is 0 Å². The van der Waals surface area contributed by atoms with Crippen molar-refractivity contribution in [1.29, 1.82) is 0 Å². The largest absolute Gasteiger partial charge is 0.345 e. The number of nitrogens with one attached hydrogen (secondary N) is 1. The Kier molecular flexibility index (Phi) is 1.61. The molecular weight excluding hydrogens is 190 g/mol. The topological polar surface area (TPSA) is 88.8 Å². The molecule has 2 aromatic rings. The smallest absolute Gasteiger partial charge is 0.238 e. The van der Waals surface area contributed by atoms with Crippen molar-refractivity contribution in [3.05, 3.63) is 24.5 Å². The number of benzene rings is 1. The zero-order chi connectivity index (χ0) is 9.47. The summed E-state index contributed by atoms with van der Waals surface area (Å²) in [4.78, 5) is 6.84. The number of fused-ring (bicyclic) bond motifs is 1. The average Bonchev–Trinajstić information content (AvgIpc) is 2.47. The molecule has 0 aliphatic rings. The van der Waals surface area contributed by atoms with Crippen molar-refractivity contribution in [2.45, 2.75) is 4.90 Å². The van der Waals surface area contributed by atoms with E-state index in [2.05, 4.69) is 9.97 Å². The van der Waals surface area contributed by atoms with Gasteiger partial charge in [0.15, 0.2) is 0 Å². The summed E-state index contributed by atoms with van der Waals surface area (Å²) in [5, 5.41) is 4.95. The van der Waals surface area contributed by atoms with Crippen LogP contribution >= 0.6 is 0 Å². The Bertz CT molecular complexity index is 544. The summed E-state index contributed by atoms with van der Waals surface area (Å²) in [6.45, 7) is 0. The molecule has 0 atom stereocenters. The van der Waals surface area contributed by atoms with Crippen molar-refractivity contribution in [3.63, 3.8) is 0 Å². The molecular formula is C7H7N3O2S. The second-order valence-corrected chi connectivity index (χ2v) is 4.19. The lowest BCUT2D eigenvalue weighted by Crippen LogP contribution is -2.11. The van der Waals surface area contributed by atoms with Crippen molar-refractivity contribution in [1.82, 2.24) is 9.97 Å². The minimum atomic E-state index is -3.63. The fraction of sp³-hybridized carbons (Fsp3) is 0. The summed E-state index contributed by atoms with van der Waals surface area (Å²) < 4.78 is 21.9. The van der Waals surface area contributed by atoms with Crippen LogP contribution in [0.2, 0.25) is 0 Å². The van der Waals surface area contributed by atoms with Gasteiger partial charge in [-0.05, 0) is 18.2 Å². The molecule has 0 radical (unpaired) electrons. The Morgan fingerprint density at radius 3 is 2.85 bits per heavy atom. The fourth-order valence-electron chi connectivity index (χ4n) is 1.09. The van der Waals surface area contributed by atoms with Gasteiger partial charge in [0.1, 0.15) is 0 Å². The van der Waals surface area contributed by atoms with E-state index in [9.17, 15) is 8.42 Å². The summed E-state index contributed by atoms with van der Waals surface area (Å²) in [7, 11) is -3.63. The van der Waals surface area contributed by atoms with Gasteiger partial charge in [0, 0.05) is 0 Å². The summed E-state index contributed by atoms with van der Waals surface area (Å²) in [5.41, 5.74) is 1.37. The first-order valence-electron chi connectivity index (χ1n) is 3.53. The van der Waals surface area contributed by atoms with Gasteiger partial charge < -0.3 is 4.98 Å². The lowest BCUT2D eigenvalue weighted by Gasteiger charge is -1.96. The summed E-state index contributed by atoms with van der Waals surface area (Å²) in [6.07, 6.45) is 1.50. The number of sulfonamides is 1. The number of nitrogens with zero attached hydrogens (tertiary/aromatic N) is 1. The highest BCUT2D eigenvalue weighted by molar-refractivity contribution is 7.89. The summed E-state index contributed by atoms with van der Waals surface area (Å²) in [6, 6.07) is 4.50. The normalized spacial score (nSPS) is 12.1. The van der Waals surface area contributed by atoms with Gasteiger partial charge in [-0.1, -0.05) is 0 Å². The van der Waals surface area contributed by atoms with Crippen molar-refractivity contribution >= 4 is 21.1 Å². The molecule has 68 valence electrons. The number of aromatic amines is 1. The second-order valence-electron chi connectivity index (χ2n) is 2.63. The molecule has 0 spiro atoms.